The van der Waals surface area contributed by atoms with E-state index in [0.29, 0.717) is 6.42 Å². The Hall–Kier alpha value is -1.11. The van der Waals surface area contributed by atoms with E-state index in [-0.39, 0.29) is 5.78 Å². The minimum Gasteiger partial charge on any atom is -0.294 e. The summed E-state index contributed by atoms with van der Waals surface area (Å²) in [5, 5.41) is 0. The van der Waals surface area contributed by atoms with Crippen LogP contribution in [0, 0.1) is 6.07 Å². The van der Waals surface area contributed by atoms with Crippen LogP contribution in [0.4, 0.5) is 0 Å². The Morgan fingerprint density at radius 1 is 1.06 bits per heavy atom. The van der Waals surface area contributed by atoms with Crippen molar-refractivity contribution in [1.29, 1.82) is 0 Å². The lowest BCUT2D eigenvalue weighted by Crippen LogP contribution is -1.98. The van der Waals surface area contributed by atoms with Gasteiger partial charge in [-0.25, -0.2) is 0 Å². The second-order valence-corrected chi connectivity index (χ2v) is 4.57. The van der Waals surface area contributed by atoms with Gasteiger partial charge in [0.1, 0.15) is 0 Å². The van der Waals surface area contributed by atoms with E-state index in [0.717, 1.165) is 12.0 Å². The summed E-state index contributed by atoms with van der Waals surface area (Å²) in [7, 11) is 0. The largest absolute Gasteiger partial charge is 0.294 e. The average molecular weight is 231 g/mol. The van der Waals surface area contributed by atoms with Crippen molar-refractivity contribution in [2.45, 2.75) is 58.3 Å². The number of hydrogen-bond acceptors (Lipinski definition) is 1. The SMILES string of the molecule is CCCCCCCCCC(=O)c1[c]cccc1. The molecular weight excluding hydrogens is 208 g/mol. The molecule has 0 saturated heterocycles. The highest BCUT2D eigenvalue weighted by atomic mass is 16.1. The molecule has 1 radical (unpaired) electrons. The van der Waals surface area contributed by atoms with Gasteiger partial charge in [0.25, 0.3) is 0 Å². The Bertz CT molecular complexity index is 303. The first kappa shape index (κ1) is 14.0. The normalized spacial score (nSPS) is 10.4. The van der Waals surface area contributed by atoms with Gasteiger partial charge in [0.05, 0.1) is 0 Å². The number of ketones is 1. The van der Waals surface area contributed by atoms with E-state index in [1.807, 2.05) is 18.2 Å². The fourth-order valence-corrected chi connectivity index (χ4v) is 1.94. The van der Waals surface area contributed by atoms with Crippen LogP contribution in [-0.2, 0) is 0 Å². The highest BCUT2D eigenvalue weighted by Gasteiger charge is 2.04. The van der Waals surface area contributed by atoms with Gasteiger partial charge in [-0.3, -0.25) is 4.79 Å². The first-order valence-corrected chi connectivity index (χ1v) is 6.84. The smallest absolute Gasteiger partial charge is 0.163 e. The van der Waals surface area contributed by atoms with Crippen LogP contribution in [0.1, 0.15) is 68.6 Å². The van der Waals surface area contributed by atoms with E-state index in [2.05, 4.69) is 13.0 Å². The first-order chi connectivity index (χ1) is 8.34. The molecule has 0 unspecified atom stereocenters. The summed E-state index contributed by atoms with van der Waals surface area (Å²) >= 11 is 0. The van der Waals surface area contributed by atoms with Gasteiger partial charge >= 0.3 is 0 Å². The maximum atomic E-state index is 11.7. The number of hydrogen-bond donors (Lipinski definition) is 0. The molecule has 1 aromatic rings. The van der Waals surface area contributed by atoms with E-state index in [1.54, 1.807) is 6.07 Å². The van der Waals surface area contributed by atoms with Crippen molar-refractivity contribution in [1.82, 2.24) is 0 Å². The number of rotatable bonds is 9. The standard InChI is InChI=1S/C16H23O/c1-2-3-4-5-6-7-11-14-16(17)15-12-9-8-10-13-15/h8-10,12H,2-7,11,14H2,1H3. The van der Waals surface area contributed by atoms with Gasteiger partial charge in [-0.2, -0.15) is 0 Å². The molecular formula is C16H23O. The Morgan fingerprint density at radius 3 is 2.41 bits per heavy atom. The molecule has 0 aliphatic rings. The van der Waals surface area contributed by atoms with Crippen molar-refractivity contribution in [2.75, 3.05) is 0 Å². The second-order valence-electron chi connectivity index (χ2n) is 4.57. The molecule has 0 fully saturated rings. The zero-order valence-corrected chi connectivity index (χ0v) is 10.9. The van der Waals surface area contributed by atoms with Gasteiger partial charge in [0.2, 0.25) is 0 Å². The molecule has 0 aliphatic heterocycles. The lowest BCUT2D eigenvalue weighted by molar-refractivity contribution is 0.0979. The lowest BCUT2D eigenvalue weighted by atomic mass is 10.0. The summed E-state index contributed by atoms with van der Waals surface area (Å²) in [4.78, 5) is 11.7. The minimum atomic E-state index is 0.235. The van der Waals surface area contributed by atoms with E-state index in [9.17, 15) is 4.79 Å². The van der Waals surface area contributed by atoms with Crippen LogP contribution in [-0.4, -0.2) is 5.78 Å². The van der Waals surface area contributed by atoms with Crippen molar-refractivity contribution >= 4 is 5.78 Å². The van der Waals surface area contributed by atoms with Gasteiger partial charge in [-0.15, -0.1) is 0 Å². The molecule has 0 N–H and O–H groups in total. The fourth-order valence-electron chi connectivity index (χ4n) is 1.94. The number of carbonyl (C=O) groups is 1. The van der Waals surface area contributed by atoms with E-state index in [1.165, 1.54) is 38.5 Å². The molecule has 0 bridgehead atoms. The third-order valence-electron chi connectivity index (χ3n) is 3.02. The highest BCUT2D eigenvalue weighted by Crippen LogP contribution is 2.11. The Kier molecular flexibility index (Phi) is 7.37. The summed E-state index contributed by atoms with van der Waals surface area (Å²) in [5.41, 5.74) is 0.735. The predicted octanol–water partition coefficient (Wildman–Crippen LogP) is 4.81. The first-order valence-electron chi connectivity index (χ1n) is 6.84. The van der Waals surface area contributed by atoms with Crippen LogP contribution in [0.25, 0.3) is 0 Å². The molecule has 17 heavy (non-hydrogen) atoms. The van der Waals surface area contributed by atoms with Gasteiger partial charge in [0, 0.05) is 12.0 Å². The second kappa shape index (κ2) is 8.98. The van der Waals surface area contributed by atoms with Crippen molar-refractivity contribution < 1.29 is 4.79 Å². The molecule has 1 heteroatoms. The summed E-state index contributed by atoms with van der Waals surface area (Å²) < 4.78 is 0. The van der Waals surface area contributed by atoms with Crippen LogP contribution in [0.2, 0.25) is 0 Å². The zero-order chi connectivity index (χ0) is 12.3. The third kappa shape index (κ3) is 6.25. The molecule has 0 spiro atoms. The summed E-state index contributed by atoms with van der Waals surface area (Å²) in [6.07, 6.45) is 9.45. The molecule has 0 saturated carbocycles. The third-order valence-corrected chi connectivity index (χ3v) is 3.02. The van der Waals surface area contributed by atoms with Crippen LogP contribution in [0.3, 0.4) is 0 Å². The topological polar surface area (TPSA) is 17.1 Å². The molecule has 1 aromatic carbocycles. The van der Waals surface area contributed by atoms with Crippen molar-refractivity contribution in [3.05, 3.63) is 35.9 Å². The monoisotopic (exact) mass is 231 g/mol. The van der Waals surface area contributed by atoms with Crippen LogP contribution < -0.4 is 0 Å². The van der Waals surface area contributed by atoms with Crippen molar-refractivity contribution in [2.24, 2.45) is 0 Å². The Balaban J connectivity index is 2.05. The van der Waals surface area contributed by atoms with Crippen LogP contribution in [0.5, 0.6) is 0 Å². The summed E-state index contributed by atoms with van der Waals surface area (Å²) in [6, 6.07) is 10.4. The Morgan fingerprint density at radius 2 is 1.76 bits per heavy atom. The van der Waals surface area contributed by atoms with Gasteiger partial charge < -0.3 is 0 Å². The van der Waals surface area contributed by atoms with Crippen molar-refractivity contribution in [3.8, 4) is 0 Å². The fraction of sp³-hybridized carbons (Fsp3) is 0.562. The maximum Gasteiger partial charge on any atom is 0.163 e. The average Bonchev–Trinajstić information content (AvgIpc) is 2.38. The Labute approximate surface area is 105 Å². The summed E-state index contributed by atoms with van der Waals surface area (Å²) in [6.45, 7) is 2.23. The summed E-state index contributed by atoms with van der Waals surface area (Å²) in [5.74, 6) is 0.235. The predicted molar refractivity (Wildman–Crippen MR) is 72.2 cm³/mol. The minimum absolute atomic E-state index is 0.235. The molecule has 0 aliphatic carbocycles. The molecule has 1 rings (SSSR count). The van der Waals surface area contributed by atoms with Crippen LogP contribution in [0.15, 0.2) is 24.3 Å². The van der Waals surface area contributed by atoms with Crippen LogP contribution >= 0.6 is 0 Å². The molecule has 93 valence electrons. The molecule has 0 amide bonds. The highest BCUT2D eigenvalue weighted by molar-refractivity contribution is 5.95. The molecule has 0 aromatic heterocycles. The molecule has 1 nitrogen and oxygen atoms in total. The number of carbonyl (C=O) groups excluding carboxylic acids is 1. The number of Topliss-reactive ketones (excluding diaryl/α,β-unsaturated/α-hetero) is 1. The lowest BCUT2D eigenvalue weighted by Gasteiger charge is -2.01. The number of benzene rings is 1. The van der Waals surface area contributed by atoms with E-state index < -0.39 is 0 Å². The van der Waals surface area contributed by atoms with Gasteiger partial charge in [0.15, 0.2) is 5.78 Å². The van der Waals surface area contributed by atoms with Gasteiger partial charge in [-0.05, 0) is 12.5 Å². The molecule has 0 heterocycles. The van der Waals surface area contributed by atoms with E-state index in [4.69, 9.17) is 0 Å². The van der Waals surface area contributed by atoms with E-state index >= 15 is 0 Å². The quantitative estimate of drug-likeness (QED) is 0.440. The molecule has 0 atom stereocenters. The number of unbranched alkanes of at least 4 members (excludes halogenated alkanes) is 6. The zero-order valence-electron chi connectivity index (χ0n) is 10.9. The maximum absolute atomic E-state index is 11.7. The van der Waals surface area contributed by atoms with Crippen molar-refractivity contribution in [3.63, 3.8) is 0 Å². The van der Waals surface area contributed by atoms with Gasteiger partial charge in [-0.1, -0.05) is 69.7 Å².